The van der Waals surface area contributed by atoms with Gasteiger partial charge in [0.15, 0.2) is 0 Å². The summed E-state index contributed by atoms with van der Waals surface area (Å²) in [4.78, 5) is 15.7. The average Bonchev–Trinajstić information content (AvgIpc) is 2.48. The lowest BCUT2D eigenvalue weighted by atomic mass is 10.1. The van der Waals surface area contributed by atoms with Gasteiger partial charge >= 0.3 is 0 Å². The van der Waals surface area contributed by atoms with Crippen molar-refractivity contribution in [1.29, 1.82) is 0 Å². The Labute approximate surface area is 132 Å². The van der Waals surface area contributed by atoms with Gasteiger partial charge in [0.2, 0.25) is 5.91 Å². The number of piperazine rings is 1. The largest absolute Gasteiger partial charge is 0.368 e. The molecule has 1 amide bonds. The molecule has 0 radical (unpaired) electrons. The minimum Gasteiger partial charge on any atom is -0.368 e. The van der Waals surface area contributed by atoms with Gasteiger partial charge in [0.1, 0.15) is 0 Å². The predicted octanol–water partition coefficient (Wildman–Crippen LogP) is 2.51. The van der Waals surface area contributed by atoms with Crippen LogP contribution < -0.4 is 10.2 Å². The van der Waals surface area contributed by atoms with E-state index in [-0.39, 0.29) is 5.91 Å². The molecule has 1 heterocycles. The van der Waals surface area contributed by atoms with Crippen molar-refractivity contribution in [2.45, 2.75) is 26.8 Å². The van der Waals surface area contributed by atoms with Crippen molar-refractivity contribution in [2.75, 3.05) is 37.6 Å². The molecule has 0 saturated carbocycles. The highest BCUT2D eigenvalue weighted by atomic mass is 35.5. The molecule has 1 aromatic rings. The fourth-order valence-electron chi connectivity index (χ4n) is 2.67. The minimum atomic E-state index is 0.163. The molecule has 0 spiro atoms. The van der Waals surface area contributed by atoms with Gasteiger partial charge in [-0.3, -0.25) is 4.79 Å². The highest BCUT2D eigenvalue weighted by molar-refractivity contribution is 6.30. The van der Waals surface area contributed by atoms with Crippen molar-refractivity contribution >= 4 is 23.2 Å². The van der Waals surface area contributed by atoms with E-state index < -0.39 is 0 Å². The quantitative estimate of drug-likeness (QED) is 0.849. The Bertz CT molecular complexity index is 484. The van der Waals surface area contributed by atoms with Crippen LogP contribution in [0.1, 0.15) is 25.8 Å². The maximum atomic E-state index is 11.4. The number of carbonyl (C=O) groups excluding carboxylic acids is 1. The number of rotatable bonds is 5. The van der Waals surface area contributed by atoms with E-state index in [2.05, 4.69) is 23.2 Å². The summed E-state index contributed by atoms with van der Waals surface area (Å²) in [6.45, 7) is 8.97. The Balaban J connectivity index is 2.06. The molecule has 0 aliphatic carbocycles. The van der Waals surface area contributed by atoms with Gasteiger partial charge in [-0.15, -0.1) is 0 Å². The average molecular weight is 310 g/mol. The molecule has 0 bridgehead atoms. The van der Waals surface area contributed by atoms with E-state index in [0.717, 1.165) is 50.7 Å². The first-order valence-corrected chi connectivity index (χ1v) is 7.99. The molecule has 2 rings (SSSR count). The van der Waals surface area contributed by atoms with Crippen molar-refractivity contribution in [3.63, 3.8) is 0 Å². The minimum absolute atomic E-state index is 0.163. The summed E-state index contributed by atoms with van der Waals surface area (Å²) in [6.07, 6.45) is 1.12. The second-order valence-electron chi connectivity index (χ2n) is 5.44. The number of hydrogen-bond donors (Lipinski definition) is 1. The van der Waals surface area contributed by atoms with Gasteiger partial charge in [0.05, 0.1) is 0 Å². The van der Waals surface area contributed by atoms with Gasteiger partial charge < -0.3 is 15.1 Å². The summed E-state index contributed by atoms with van der Waals surface area (Å²) < 4.78 is 0. The first kappa shape index (κ1) is 16.1. The van der Waals surface area contributed by atoms with Gasteiger partial charge in [0, 0.05) is 50.4 Å². The first-order chi connectivity index (χ1) is 10.1. The number of carbonyl (C=O) groups is 1. The Kier molecular flexibility index (Phi) is 5.88. The van der Waals surface area contributed by atoms with Crippen molar-refractivity contribution < 1.29 is 4.79 Å². The van der Waals surface area contributed by atoms with E-state index in [9.17, 15) is 4.79 Å². The lowest BCUT2D eigenvalue weighted by Crippen LogP contribution is -2.48. The summed E-state index contributed by atoms with van der Waals surface area (Å²) in [5.41, 5.74) is 2.46. The van der Waals surface area contributed by atoms with Gasteiger partial charge in [0.25, 0.3) is 0 Å². The summed E-state index contributed by atoms with van der Waals surface area (Å²) in [5.74, 6) is 0.163. The molecule has 1 aliphatic rings. The smallest absolute Gasteiger partial charge is 0.219 e. The molecule has 1 aliphatic heterocycles. The molecule has 21 heavy (non-hydrogen) atoms. The summed E-state index contributed by atoms with van der Waals surface area (Å²) in [6, 6.07) is 6.07. The molecule has 0 aromatic heterocycles. The third-order valence-corrected chi connectivity index (χ3v) is 4.08. The van der Waals surface area contributed by atoms with Crippen LogP contribution in [0, 0.1) is 0 Å². The molecule has 4 nitrogen and oxygen atoms in total. The maximum Gasteiger partial charge on any atom is 0.219 e. The Morgan fingerprint density at radius 2 is 2.00 bits per heavy atom. The van der Waals surface area contributed by atoms with Crippen molar-refractivity contribution in [2.24, 2.45) is 0 Å². The second-order valence-corrected chi connectivity index (χ2v) is 5.88. The lowest BCUT2D eigenvalue weighted by molar-refractivity contribution is -0.129. The van der Waals surface area contributed by atoms with Crippen LogP contribution in [0.4, 0.5) is 5.69 Å². The number of anilines is 1. The molecule has 116 valence electrons. The molecule has 1 N–H and O–H groups in total. The SMILES string of the molecule is CCCNCc1cc(Cl)ccc1N1CCN(C(C)=O)CC1. The second kappa shape index (κ2) is 7.66. The standard InChI is InChI=1S/C16H24ClN3O/c1-3-6-18-12-14-11-15(17)4-5-16(14)20-9-7-19(8-10-20)13(2)21/h4-5,11,18H,3,6-10,12H2,1-2H3. The number of amides is 1. The number of nitrogens with zero attached hydrogens (tertiary/aromatic N) is 2. The van der Waals surface area contributed by atoms with Crippen LogP contribution in [-0.2, 0) is 11.3 Å². The van der Waals surface area contributed by atoms with Crippen LogP contribution in [0.15, 0.2) is 18.2 Å². The topological polar surface area (TPSA) is 35.6 Å². The summed E-state index contributed by atoms with van der Waals surface area (Å²) >= 11 is 6.13. The molecule has 0 atom stereocenters. The van der Waals surface area contributed by atoms with Gasteiger partial charge in [-0.05, 0) is 36.7 Å². The van der Waals surface area contributed by atoms with Gasteiger partial charge in [-0.25, -0.2) is 0 Å². The van der Waals surface area contributed by atoms with Crippen LogP contribution >= 0.6 is 11.6 Å². The van der Waals surface area contributed by atoms with E-state index in [1.54, 1.807) is 6.92 Å². The molecule has 1 aromatic carbocycles. The van der Waals surface area contributed by atoms with Crippen LogP contribution in [-0.4, -0.2) is 43.5 Å². The number of hydrogen-bond acceptors (Lipinski definition) is 3. The Morgan fingerprint density at radius 1 is 1.29 bits per heavy atom. The number of halogens is 1. The number of benzene rings is 1. The highest BCUT2D eigenvalue weighted by Crippen LogP contribution is 2.25. The van der Waals surface area contributed by atoms with Gasteiger partial charge in [-0.1, -0.05) is 18.5 Å². The Hall–Kier alpha value is -1.26. The van der Waals surface area contributed by atoms with Gasteiger partial charge in [-0.2, -0.15) is 0 Å². The van der Waals surface area contributed by atoms with Crippen LogP contribution in [0.25, 0.3) is 0 Å². The molecular formula is C16H24ClN3O. The zero-order valence-electron chi connectivity index (χ0n) is 12.9. The van der Waals surface area contributed by atoms with E-state index in [1.807, 2.05) is 17.0 Å². The predicted molar refractivity (Wildman–Crippen MR) is 87.9 cm³/mol. The first-order valence-electron chi connectivity index (χ1n) is 7.61. The van der Waals surface area contributed by atoms with E-state index >= 15 is 0 Å². The zero-order chi connectivity index (χ0) is 15.2. The highest BCUT2D eigenvalue weighted by Gasteiger charge is 2.20. The fraction of sp³-hybridized carbons (Fsp3) is 0.562. The van der Waals surface area contributed by atoms with Crippen LogP contribution in [0.5, 0.6) is 0 Å². The summed E-state index contributed by atoms with van der Waals surface area (Å²) in [5, 5.41) is 4.21. The van der Waals surface area contributed by atoms with Crippen molar-refractivity contribution in [3.05, 3.63) is 28.8 Å². The molecular weight excluding hydrogens is 286 g/mol. The third-order valence-electron chi connectivity index (χ3n) is 3.85. The lowest BCUT2D eigenvalue weighted by Gasteiger charge is -2.36. The molecule has 5 heteroatoms. The summed E-state index contributed by atoms with van der Waals surface area (Å²) in [7, 11) is 0. The van der Waals surface area contributed by atoms with E-state index in [4.69, 9.17) is 11.6 Å². The van der Waals surface area contributed by atoms with Crippen molar-refractivity contribution in [3.8, 4) is 0 Å². The van der Waals surface area contributed by atoms with E-state index in [0.29, 0.717) is 0 Å². The van der Waals surface area contributed by atoms with Crippen LogP contribution in [0.2, 0.25) is 5.02 Å². The zero-order valence-corrected chi connectivity index (χ0v) is 13.6. The van der Waals surface area contributed by atoms with Crippen molar-refractivity contribution in [1.82, 2.24) is 10.2 Å². The Morgan fingerprint density at radius 3 is 2.62 bits per heavy atom. The molecule has 1 saturated heterocycles. The maximum absolute atomic E-state index is 11.4. The monoisotopic (exact) mass is 309 g/mol. The molecule has 1 fully saturated rings. The third kappa shape index (κ3) is 4.35. The van der Waals surface area contributed by atoms with E-state index in [1.165, 1.54) is 11.3 Å². The number of nitrogens with one attached hydrogen (secondary N) is 1. The molecule has 0 unspecified atom stereocenters. The van der Waals surface area contributed by atoms with Crippen LogP contribution in [0.3, 0.4) is 0 Å². The normalized spacial score (nSPS) is 15.4. The fourth-order valence-corrected chi connectivity index (χ4v) is 2.86.